The summed E-state index contributed by atoms with van der Waals surface area (Å²) in [7, 11) is 0. The van der Waals surface area contributed by atoms with Crippen molar-refractivity contribution >= 4 is 0 Å². The molecule has 0 heteroatoms. The van der Waals surface area contributed by atoms with Crippen molar-refractivity contribution in [3.63, 3.8) is 0 Å². The number of rotatable bonds is 7. The van der Waals surface area contributed by atoms with E-state index in [9.17, 15) is 0 Å². The maximum Gasteiger partial charge on any atom is -0.00260 e. The third kappa shape index (κ3) is 8.97. The third-order valence-corrected chi connectivity index (χ3v) is 2.99. The number of hydrogen-bond acceptors (Lipinski definition) is 0. The Morgan fingerprint density at radius 2 is 1.77 bits per heavy atom. The maximum atomic E-state index is 3.89. The minimum absolute atomic E-state index is 0.921. The van der Waals surface area contributed by atoms with E-state index >= 15 is 0 Å². The van der Waals surface area contributed by atoms with Crippen molar-refractivity contribution in [3.05, 3.63) is 96.2 Å². The molecule has 1 rings (SSSR count). The molecule has 0 heterocycles. The average molecular weight is 294 g/mol. The number of allylic oxidation sites excluding steroid dienone is 9. The first-order valence-corrected chi connectivity index (χ1v) is 8.16. The average Bonchev–Trinajstić information content (AvgIpc) is 2.59. The van der Waals surface area contributed by atoms with E-state index in [2.05, 4.69) is 81.1 Å². The minimum atomic E-state index is 0.921. The van der Waals surface area contributed by atoms with E-state index < -0.39 is 0 Å². The monoisotopic (exact) mass is 294 g/mol. The number of hydrogen-bond donors (Lipinski definition) is 0. The second kappa shape index (κ2) is 13.9. The van der Waals surface area contributed by atoms with Gasteiger partial charge in [0, 0.05) is 0 Å². The summed E-state index contributed by atoms with van der Waals surface area (Å²) in [6.07, 6.45) is 16.7. The highest BCUT2D eigenvalue weighted by molar-refractivity contribution is 5.35. The van der Waals surface area contributed by atoms with Crippen LogP contribution in [0.15, 0.2) is 90.6 Å². The van der Waals surface area contributed by atoms with Crippen LogP contribution in [0.3, 0.4) is 0 Å². The Balaban J connectivity index is 0.00000211. The first kappa shape index (κ1) is 19.9. The van der Waals surface area contributed by atoms with E-state index in [0.717, 1.165) is 12.8 Å². The molecule has 118 valence electrons. The van der Waals surface area contributed by atoms with Crippen LogP contribution in [0.25, 0.3) is 0 Å². The van der Waals surface area contributed by atoms with Gasteiger partial charge in [-0.2, -0.15) is 0 Å². The molecule has 1 aromatic carbocycles. The molecular formula is C22H30. The molecule has 0 saturated carbocycles. The zero-order chi connectivity index (χ0) is 16.6. The Morgan fingerprint density at radius 1 is 1.09 bits per heavy atom. The Labute approximate surface area is 137 Å². The molecule has 0 amide bonds. The largest absolute Gasteiger partial charge is 0.0988 e. The highest BCUT2D eigenvalue weighted by Gasteiger charge is 1.93. The fraction of sp³-hybridized carbons (Fsp3) is 0.273. The molecule has 0 unspecified atom stereocenters. The molecule has 0 aliphatic carbocycles. The lowest BCUT2D eigenvalue weighted by Gasteiger charge is -2.01. The van der Waals surface area contributed by atoms with Gasteiger partial charge in [0.15, 0.2) is 0 Å². The second-order valence-corrected chi connectivity index (χ2v) is 4.57. The second-order valence-electron chi connectivity index (χ2n) is 4.57. The van der Waals surface area contributed by atoms with Crippen LogP contribution >= 0.6 is 0 Å². The van der Waals surface area contributed by atoms with Crippen molar-refractivity contribution in [2.75, 3.05) is 0 Å². The smallest absolute Gasteiger partial charge is 0.00260 e. The molecule has 22 heavy (non-hydrogen) atoms. The number of benzene rings is 1. The van der Waals surface area contributed by atoms with Crippen molar-refractivity contribution in [1.82, 2.24) is 0 Å². The summed E-state index contributed by atoms with van der Waals surface area (Å²) in [5.74, 6) is 0. The third-order valence-electron chi connectivity index (χ3n) is 2.99. The predicted molar refractivity (Wildman–Crippen MR) is 102 cm³/mol. The standard InChI is InChI=1S/C20H24.C2H6/c1-4-7-12-18(5-2)15-11-16-19(6-3)17-20-13-9-8-10-14-20;1-2/h5-16H,3-4,17H2,1-2H3;1-2H3/b12-7-,15-11+,18-5+,19-16+;. The molecule has 0 nitrogen and oxygen atoms in total. The van der Waals surface area contributed by atoms with E-state index in [0.29, 0.717) is 0 Å². The van der Waals surface area contributed by atoms with E-state index in [1.54, 1.807) is 0 Å². The fourth-order valence-corrected chi connectivity index (χ4v) is 1.82. The van der Waals surface area contributed by atoms with Crippen molar-refractivity contribution in [1.29, 1.82) is 0 Å². The van der Waals surface area contributed by atoms with Crippen LogP contribution in [-0.2, 0) is 6.42 Å². The lowest BCUT2D eigenvalue weighted by atomic mass is 10.0. The van der Waals surface area contributed by atoms with Gasteiger partial charge >= 0.3 is 0 Å². The van der Waals surface area contributed by atoms with Crippen LogP contribution in [0.5, 0.6) is 0 Å². The van der Waals surface area contributed by atoms with Crippen molar-refractivity contribution < 1.29 is 0 Å². The fourth-order valence-electron chi connectivity index (χ4n) is 1.82. The molecule has 0 bridgehead atoms. The SMILES string of the molecule is C=C\C(=C/C=C/C(/C=C\CC)=C/C)Cc1ccccc1.CC. The van der Waals surface area contributed by atoms with Crippen molar-refractivity contribution in [2.45, 2.75) is 40.5 Å². The molecule has 0 fully saturated rings. The summed E-state index contributed by atoms with van der Waals surface area (Å²) in [5.41, 5.74) is 3.76. The Hall–Kier alpha value is -2.08. The van der Waals surface area contributed by atoms with E-state index in [-0.39, 0.29) is 0 Å². The van der Waals surface area contributed by atoms with Gasteiger partial charge in [0.1, 0.15) is 0 Å². The van der Waals surface area contributed by atoms with Crippen LogP contribution < -0.4 is 0 Å². The Kier molecular flexibility index (Phi) is 12.6. The quantitative estimate of drug-likeness (QED) is 0.483. The van der Waals surface area contributed by atoms with Crippen LogP contribution in [0.4, 0.5) is 0 Å². The van der Waals surface area contributed by atoms with Crippen molar-refractivity contribution in [2.24, 2.45) is 0 Å². The van der Waals surface area contributed by atoms with Gasteiger partial charge in [-0.1, -0.05) is 100 Å². The summed E-state index contributed by atoms with van der Waals surface area (Å²) < 4.78 is 0. The van der Waals surface area contributed by atoms with Crippen molar-refractivity contribution in [3.8, 4) is 0 Å². The topological polar surface area (TPSA) is 0 Å². The van der Waals surface area contributed by atoms with Gasteiger partial charge in [0.25, 0.3) is 0 Å². The normalized spacial score (nSPS) is 12.4. The molecule has 0 saturated heterocycles. The molecule has 0 radical (unpaired) electrons. The molecule has 0 aliphatic rings. The zero-order valence-corrected chi connectivity index (χ0v) is 14.5. The van der Waals surface area contributed by atoms with Gasteiger partial charge < -0.3 is 0 Å². The highest BCUT2D eigenvalue weighted by Crippen LogP contribution is 2.09. The summed E-state index contributed by atoms with van der Waals surface area (Å²) in [6.45, 7) is 12.1. The van der Waals surface area contributed by atoms with Gasteiger partial charge in [-0.3, -0.25) is 0 Å². The first-order valence-electron chi connectivity index (χ1n) is 8.16. The maximum absolute atomic E-state index is 3.89. The zero-order valence-electron chi connectivity index (χ0n) is 14.5. The lowest BCUT2D eigenvalue weighted by Crippen LogP contribution is -1.86. The summed E-state index contributed by atoms with van der Waals surface area (Å²) >= 11 is 0. The summed E-state index contributed by atoms with van der Waals surface area (Å²) in [5, 5.41) is 0. The molecule has 0 aliphatic heterocycles. The summed E-state index contributed by atoms with van der Waals surface area (Å²) in [4.78, 5) is 0. The van der Waals surface area contributed by atoms with E-state index in [1.165, 1.54) is 16.7 Å². The van der Waals surface area contributed by atoms with Gasteiger partial charge in [0.2, 0.25) is 0 Å². The van der Waals surface area contributed by atoms with Crippen LogP contribution in [0, 0.1) is 0 Å². The Bertz CT molecular complexity index is 510. The van der Waals surface area contributed by atoms with Gasteiger partial charge in [-0.25, -0.2) is 0 Å². The van der Waals surface area contributed by atoms with Crippen LogP contribution in [-0.4, -0.2) is 0 Å². The minimum Gasteiger partial charge on any atom is -0.0988 e. The van der Waals surface area contributed by atoms with Crippen LogP contribution in [0.1, 0.15) is 39.7 Å². The molecular weight excluding hydrogens is 264 g/mol. The van der Waals surface area contributed by atoms with Gasteiger partial charge in [-0.05, 0) is 36.5 Å². The Morgan fingerprint density at radius 3 is 2.32 bits per heavy atom. The highest BCUT2D eigenvalue weighted by atomic mass is 14.0. The molecule has 0 atom stereocenters. The molecule has 0 N–H and O–H groups in total. The molecule has 0 aromatic heterocycles. The van der Waals surface area contributed by atoms with Gasteiger partial charge in [0.05, 0.1) is 0 Å². The lowest BCUT2D eigenvalue weighted by molar-refractivity contribution is 1.20. The molecule has 1 aromatic rings. The van der Waals surface area contributed by atoms with E-state index in [1.807, 2.05) is 26.0 Å². The predicted octanol–water partition coefficient (Wildman–Crippen LogP) is 6.84. The summed E-state index contributed by atoms with van der Waals surface area (Å²) in [6, 6.07) is 10.5. The first-order chi connectivity index (χ1) is 10.8. The van der Waals surface area contributed by atoms with E-state index in [4.69, 9.17) is 0 Å². The van der Waals surface area contributed by atoms with Crippen LogP contribution in [0.2, 0.25) is 0 Å². The molecule has 0 spiro atoms. The van der Waals surface area contributed by atoms with Gasteiger partial charge in [-0.15, -0.1) is 0 Å².